The maximum Gasteiger partial charge on any atom is 0.309 e. The van der Waals surface area contributed by atoms with Gasteiger partial charge in [-0.05, 0) is 48.4 Å². The van der Waals surface area contributed by atoms with E-state index < -0.39 is 0 Å². The second-order valence-corrected chi connectivity index (χ2v) is 7.79. The third-order valence-corrected chi connectivity index (χ3v) is 5.93. The van der Waals surface area contributed by atoms with E-state index in [-0.39, 0.29) is 12.4 Å². The lowest BCUT2D eigenvalue weighted by Gasteiger charge is -2.18. The molecule has 2 aromatic heterocycles. The van der Waals surface area contributed by atoms with E-state index in [1.165, 1.54) is 24.0 Å². The van der Waals surface area contributed by atoms with E-state index >= 15 is 0 Å². The van der Waals surface area contributed by atoms with Crippen molar-refractivity contribution >= 4 is 27.5 Å². The van der Waals surface area contributed by atoms with Crippen LogP contribution in [0.5, 0.6) is 11.6 Å². The molecule has 0 radical (unpaired) electrons. The molecule has 4 rings (SSSR count). The molecule has 0 bridgehead atoms. The number of thiophene rings is 1. The highest BCUT2D eigenvalue weighted by atomic mass is 32.1. The van der Waals surface area contributed by atoms with E-state index in [0.29, 0.717) is 11.6 Å². The van der Waals surface area contributed by atoms with Crippen LogP contribution in [0.3, 0.4) is 0 Å². The van der Waals surface area contributed by atoms with Crippen LogP contribution in [-0.2, 0) is 28.8 Å². The SMILES string of the molecule is COC(=O)Cc1ccc(Oc2ncnc3sc4c(c23)CC[C@H](C)C4)cc1. The average molecular weight is 368 g/mol. The number of nitrogens with zero attached hydrogens (tertiary/aromatic N) is 2. The number of fused-ring (bicyclic) bond motifs is 3. The van der Waals surface area contributed by atoms with E-state index in [1.807, 2.05) is 24.3 Å². The van der Waals surface area contributed by atoms with Gasteiger partial charge in [0.15, 0.2) is 0 Å². The summed E-state index contributed by atoms with van der Waals surface area (Å²) >= 11 is 1.76. The van der Waals surface area contributed by atoms with Gasteiger partial charge in [-0.25, -0.2) is 9.97 Å². The van der Waals surface area contributed by atoms with Crippen LogP contribution in [0.25, 0.3) is 10.2 Å². The first-order valence-corrected chi connectivity index (χ1v) is 9.54. The summed E-state index contributed by atoms with van der Waals surface area (Å²) in [6.07, 6.45) is 5.17. The number of aryl methyl sites for hydroxylation is 1. The molecule has 26 heavy (non-hydrogen) atoms. The Labute approximate surface area is 156 Å². The highest BCUT2D eigenvalue weighted by molar-refractivity contribution is 7.18. The van der Waals surface area contributed by atoms with Gasteiger partial charge in [0.1, 0.15) is 16.9 Å². The van der Waals surface area contributed by atoms with Crippen LogP contribution in [0.15, 0.2) is 30.6 Å². The molecule has 0 saturated heterocycles. The molecule has 0 fully saturated rings. The van der Waals surface area contributed by atoms with E-state index in [9.17, 15) is 4.79 Å². The van der Waals surface area contributed by atoms with Crippen LogP contribution in [0.4, 0.5) is 0 Å². The molecule has 1 aliphatic carbocycles. The molecule has 0 amide bonds. The first-order valence-electron chi connectivity index (χ1n) is 8.73. The summed E-state index contributed by atoms with van der Waals surface area (Å²) in [5.74, 6) is 1.77. The zero-order chi connectivity index (χ0) is 18.1. The van der Waals surface area contributed by atoms with Gasteiger partial charge in [-0.3, -0.25) is 4.79 Å². The predicted molar refractivity (Wildman–Crippen MR) is 101 cm³/mol. The minimum Gasteiger partial charge on any atom is -0.469 e. The summed E-state index contributed by atoms with van der Waals surface area (Å²) in [6, 6.07) is 7.45. The smallest absolute Gasteiger partial charge is 0.309 e. The molecule has 1 atom stereocenters. The molecule has 3 aromatic rings. The Hall–Kier alpha value is -2.47. The third kappa shape index (κ3) is 3.29. The lowest BCUT2D eigenvalue weighted by Crippen LogP contribution is -2.08. The Morgan fingerprint density at radius 2 is 2.08 bits per heavy atom. The first-order chi connectivity index (χ1) is 12.6. The fourth-order valence-corrected chi connectivity index (χ4v) is 4.69. The van der Waals surface area contributed by atoms with Crippen LogP contribution in [0.2, 0.25) is 0 Å². The molecule has 1 aliphatic rings. The average Bonchev–Trinajstić information content (AvgIpc) is 3.01. The van der Waals surface area contributed by atoms with Gasteiger partial charge >= 0.3 is 5.97 Å². The molecule has 5 nitrogen and oxygen atoms in total. The fraction of sp³-hybridized carbons (Fsp3) is 0.350. The molecule has 0 unspecified atom stereocenters. The number of hydrogen-bond donors (Lipinski definition) is 0. The summed E-state index contributed by atoms with van der Waals surface area (Å²) in [4.78, 5) is 22.6. The van der Waals surface area contributed by atoms with Crippen LogP contribution < -0.4 is 4.74 Å². The zero-order valence-corrected chi connectivity index (χ0v) is 15.6. The molecule has 0 aliphatic heterocycles. The van der Waals surface area contributed by atoms with Crippen molar-refractivity contribution in [2.24, 2.45) is 5.92 Å². The Bertz CT molecular complexity index is 950. The molecular weight excluding hydrogens is 348 g/mol. The third-order valence-electron chi connectivity index (χ3n) is 4.77. The largest absolute Gasteiger partial charge is 0.469 e. The number of carbonyl (C=O) groups excluding carboxylic acids is 1. The number of aromatic nitrogens is 2. The van der Waals surface area contributed by atoms with Gasteiger partial charge in [0.25, 0.3) is 0 Å². The number of methoxy groups -OCH3 is 1. The van der Waals surface area contributed by atoms with Gasteiger partial charge in [-0.15, -0.1) is 11.3 Å². The lowest BCUT2D eigenvalue weighted by molar-refractivity contribution is -0.139. The Kier molecular flexibility index (Phi) is 4.59. The van der Waals surface area contributed by atoms with Gasteiger partial charge < -0.3 is 9.47 Å². The van der Waals surface area contributed by atoms with Crippen molar-refractivity contribution in [3.8, 4) is 11.6 Å². The van der Waals surface area contributed by atoms with Crippen molar-refractivity contribution < 1.29 is 14.3 Å². The zero-order valence-electron chi connectivity index (χ0n) is 14.8. The number of benzene rings is 1. The molecule has 0 N–H and O–H groups in total. The molecule has 0 saturated carbocycles. The van der Waals surface area contributed by atoms with Gasteiger partial charge in [0.05, 0.1) is 18.9 Å². The number of carbonyl (C=O) groups is 1. The normalized spacial score (nSPS) is 16.3. The minimum atomic E-state index is -0.254. The minimum absolute atomic E-state index is 0.254. The van der Waals surface area contributed by atoms with Crippen LogP contribution in [-0.4, -0.2) is 23.0 Å². The number of rotatable bonds is 4. The molecule has 0 spiro atoms. The summed E-state index contributed by atoms with van der Waals surface area (Å²) in [6.45, 7) is 2.30. The van der Waals surface area contributed by atoms with E-state index in [1.54, 1.807) is 17.7 Å². The van der Waals surface area contributed by atoms with Crippen molar-refractivity contribution in [2.75, 3.05) is 7.11 Å². The molecule has 6 heteroatoms. The maximum atomic E-state index is 11.4. The number of ether oxygens (including phenoxy) is 2. The van der Waals surface area contributed by atoms with Crippen LogP contribution in [0.1, 0.15) is 29.3 Å². The summed E-state index contributed by atoms with van der Waals surface area (Å²) in [5, 5.41) is 1.05. The van der Waals surface area contributed by atoms with Crippen molar-refractivity contribution in [1.29, 1.82) is 0 Å². The Morgan fingerprint density at radius 1 is 1.27 bits per heavy atom. The molecule has 134 valence electrons. The standard InChI is InChI=1S/C20H20N2O3S/c1-12-3-8-15-16(9-12)26-20-18(15)19(21-11-22-20)25-14-6-4-13(5-7-14)10-17(23)24-2/h4-7,11-12H,3,8-10H2,1-2H3/t12-/m0/s1. The van der Waals surface area contributed by atoms with E-state index in [4.69, 9.17) is 9.47 Å². The quantitative estimate of drug-likeness (QED) is 0.642. The van der Waals surface area contributed by atoms with Gasteiger partial charge in [0.2, 0.25) is 5.88 Å². The Balaban J connectivity index is 1.62. The van der Waals surface area contributed by atoms with Crippen LogP contribution >= 0.6 is 11.3 Å². The molecular formula is C20H20N2O3S. The van der Waals surface area contributed by atoms with Gasteiger partial charge in [-0.2, -0.15) is 0 Å². The fourth-order valence-electron chi connectivity index (χ4n) is 3.35. The van der Waals surface area contributed by atoms with Crippen molar-refractivity contribution in [3.63, 3.8) is 0 Å². The Morgan fingerprint density at radius 3 is 2.85 bits per heavy atom. The molecule has 2 heterocycles. The predicted octanol–water partition coefficient (Wildman–Crippen LogP) is 4.32. The second kappa shape index (κ2) is 7.03. The van der Waals surface area contributed by atoms with Crippen molar-refractivity contribution in [1.82, 2.24) is 9.97 Å². The van der Waals surface area contributed by atoms with E-state index in [0.717, 1.165) is 34.5 Å². The summed E-state index contributed by atoms with van der Waals surface area (Å²) in [7, 11) is 1.39. The van der Waals surface area contributed by atoms with Gasteiger partial charge in [-0.1, -0.05) is 19.1 Å². The van der Waals surface area contributed by atoms with Gasteiger partial charge in [0, 0.05) is 4.88 Å². The van der Waals surface area contributed by atoms with Crippen molar-refractivity contribution in [2.45, 2.75) is 32.6 Å². The lowest BCUT2D eigenvalue weighted by atomic mass is 9.89. The number of esters is 1. The molecule has 1 aromatic carbocycles. The monoisotopic (exact) mass is 368 g/mol. The summed E-state index contributed by atoms with van der Waals surface area (Å²) < 4.78 is 10.8. The van der Waals surface area contributed by atoms with Crippen LogP contribution in [0, 0.1) is 5.92 Å². The first kappa shape index (κ1) is 17.0. The highest BCUT2D eigenvalue weighted by Crippen LogP contribution is 2.41. The maximum absolute atomic E-state index is 11.4. The second-order valence-electron chi connectivity index (χ2n) is 6.71. The van der Waals surface area contributed by atoms with Crippen molar-refractivity contribution in [3.05, 3.63) is 46.6 Å². The topological polar surface area (TPSA) is 61.3 Å². The number of hydrogen-bond acceptors (Lipinski definition) is 6. The van der Waals surface area contributed by atoms with E-state index in [2.05, 4.69) is 16.9 Å². The highest BCUT2D eigenvalue weighted by Gasteiger charge is 2.23. The summed E-state index contributed by atoms with van der Waals surface area (Å²) in [5.41, 5.74) is 2.24.